The van der Waals surface area contributed by atoms with Crippen LogP contribution in [0.15, 0.2) is 23.3 Å². The Labute approximate surface area is 116 Å². The van der Waals surface area contributed by atoms with Crippen molar-refractivity contribution in [3.63, 3.8) is 0 Å². The monoisotopic (exact) mass is 260 g/mol. The Kier molecular flexibility index (Phi) is 4.63. The van der Waals surface area contributed by atoms with E-state index in [1.54, 1.807) is 6.92 Å². The Morgan fingerprint density at radius 1 is 1.63 bits per heavy atom. The molecule has 0 N–H and O–H groups in total. The van der Waals surface area contributed by atoms with Gasteiger partial charge in [-0.15, -0.1) is 6.42 Å². The Balaban J connectivity index is 2.96. The number of hydrogen-bond acceptors (Lipinski definition) is 2. The number of carbonyl (C=O) groups is 1. The molecule has 0 radical (unpaired) electrons. The van der Waals surface area contributed by atoms with E-state index in [1.807, 2.05) is 0 Å². The zero-order valence-corrected chi connectivity index (χ0v) is 12.7. The van der Waals surface area contributed by atoms with Gasteiger partial charge in [0.1, 0.15) is 0 Å². The first-order valence-corrected chi connectivity index (χ1v) is 6.75. The molecule has 0 saturated carbocycles. The van der Waals surface area contributed by atoms with Crippen molar-refractivity contribution in [2.75, 3.05) is 0 Å². The minimum absolute atomic E-state index is 0.157. The quantitative estimate of drug-likeness (QED) is 0.566. The second kappa shape index (κ2) is 5.65. The number of rotatable bonds is 3. The summed E-state index contributed by atoms with van der Waals surface area (Å²) >= 11 is 0. The van der Waals surface area contributed by atoms with Gasteiger partial charge in [0.25, 0.3) is 0 Å². The molecule has 0 heterocycles. The largest absolute Gasteiger partial charge is 0.446 e. The number of allylic oxidation sites excluding steroid dienone is 3. The Morgan fingerprint density at radius 2 is 2.26 bits per heavy atom. The van der Waals surface area contributed by atoms with Crippen molar-refractivity contribution < 1.29 is 9.53 Å². The maximum absolute atomic E-state index is 11.1. The van der Waals surface area contributed by atoms with Crippen molar-refractivity contribution in [2.24, 2.45) is 5.41 Å². The summed E-state index contributed by atoms with van der Waals surface area (Å²) in [5.41, 5.74) is 1.92. The smallest absolute Gasteiger partial charge is 0.304 e. The van der Waals surface area contributed by atoms with E-state index < -0.39 is 5.60 Å². The highest BCUT2D eigenvalue weighted by atomic mass is 16.6. The highest BCUT2D eigenvalue weighted by Gasteiger charge is 2.29. The van der Waals surface area contributed by atoms with E-state index in [2.05, 4.69) is 38.8 Å². The van der Waals surface area contributed by atoms with Crippen LogP contribution < -0.4 is 0 Å². The lowest BCUT2D eigenvalue weighted by atomic mass is 9.72. The Hall–Kier alpha value is -1.49. The predicted octanol–water partition coefficient (Wildman–Crippen LogP) is 4.02. The second-order valence-corrected chi connectivity index (χ2v) is 6.10. The molecule has 0 bridgehead atoms. The highest BCUT2D eigenvalue weighted by Crippen LogP contribution is 2.40. The molecular weight excluding hydrogens is 236 g/mol. The summed E-state index contributed by atoms with van der Waals surface area (Å²) in [5.74, 6) is 2.25. The maximum Gasteiger partial charge on any atom is 0.304 e. The fourth-order valence-corrected chi connectivity index (χ4v) is 2.61. The van der Waals surface area contributed by atoms with Gasteiger partial charge in [0.05, 0.1) is 0 Å². The molecule has 0 amide bonds. The Morgan fingerprint density at radius 3 is 2.74 bits per heavy atom. The number of carbonyl (C=O) groups excluding carboxylic acids is 1. The van der Waals surface area contributed by atoms with E-state index >= 15 is 0 Å². The van der Waals surface area contributed by atoms with Crippen molar-refractivity contribution in [2.45, 2.75) is 59.5 Å². The van der Waals surface area contributed by atoms with Gasteiger partial charge in [0.15, 0.2) is 5.60 Å². The van der Waals surface area contributed by atoms with E-state index in [0.717, 1.165) is 12.8 Å². The van der Waals surface area contributed by atoms with Gasteiger partial charge in [0.2, 0.25) is 0 Å². The molecule has 1 atom stereocenters. The van der Waals surface area contributed by atoms with E-state index in [1.165, 1.54) is 18.1 Å². The van der Waals surface area contributed by atoms with Crippen LogP contribution >= 0.6 is 0 Å². The van der Waals surface area contributed by atoms with Gasteiger partial charge < -0.3 is 4.74 Å². The van der Waals surface area contributed by atoms with Crippen LogP contribution in [0.5, 0.6) is 0 Å². The Bertz CT molecular complexity index is 460. The number of esters is 1. The first-order valence-electron chi connectivity index (χ1n) is 6.75. The van der Waals surface area contributed by atoms with Crippen LogP contribution in [0.4, 0.5) is 0 Å². The molecule has 1 rings (SSSR count). The number of hydrogen-bond donors (Lipinski definition) is 0. The fraction of sp³-hybridized carbons (Fsp3) is 0.588. The summed E-state index contributed by atoms with van der Waals surface area (Å²) in [6, 6.07) is 0. The second-order valence-electron chi connectivity index (χ2n) is 6.10. The molecular formula is C17H24O2. The van der Waals surface area contributed by atoms with Gasteiger partial charge in [-0.3, -0.25) is 4.79 Å². The van der Waals surface area contributed by atoms with Crippen LogP contribution in [0.3, 0.4) is 0 Å². The summed E-state index contributed by atoms with van der Waals surface area (Å²) in [4.78, 5) is 11.1. The van der Waals surface area contributed by atoms with Crippen molar-refractivity contribution >= 4 is 5.97 Å². The number of ether oxygens (including phenoxy) is 1. The fourth-order valence-electron chi connectivity index (χ4n) is 2.61. The molecule has 1 aliphatic carbocycles. The minimum atomic E-state index is -0.855. The van der Waals surface area contributed by atoms with E-state index in [9.17, 15) is 4.79 Å². The van der Waals surface area contributed by atoms with Crippen molar-refractivity contribution in [1.82, 2.24) is 0 Å². The lowest BCUT2D eigenvalue weighted by molar-refractivity contribution is -0.149. The topological polar surface area (TPSA) is 26.3 Å². The standard InChI is InChI=1S/C17H24O2/c1-7-17(6,19-14(3)18)12-10-15-13(2)9-8-11-16(15,4)5/h1,9-10H,8,11-12H2,2-6H3/b15-10-. The average Bonchev–Trinajstić information content (AvgIpc) is 2.26. The summed E-state index contributed by atoms with van der Waals surface area (Å²) in [6.45, 7) is 9.79. The first kappa shape index (κ1) is 15.6. The summed E-state index contributed by atoms with van der Waals surface area (Å²) in [6.07, 6.45) is 12.7. The van der Waals surface area contributed by atoms with E-state index in [-0.39, 0.29) is 11.4 Å². The highest BCUT2D eigenvalue weighted by molar-refractivity contribution is 5.67. The van der Waals surface area contributed by atoms with Crippen LogP contribution in [-0.4, -0.2) is 11.6 Å². The van der Waals surface area contributed by atoms with Gasteiger partial charge in [-0.2, -0.15) is 0 Å². The zero-order valence-electron chi connectivity index (χ0n) is 12.7. The molecule has 2 heteroatoms. The van der Waals surface area contributed by atoms with Gasteiger partial charge in [-0.05, 0) is 37.7 Å². The molecule has 0 fully saturated rings. The normalized spacial score (nSPS) is 23.2. The van der Waals surface area contributed by atoms with Crippen molar-refractivity contribution in [3.8, 4) is 12.3 Å². The molecule has 0 saturated heterocycles. The van der Waals surface area contributed by atoms with Gasteiger partial charge in [-0.25, -0.2) is 0 Å². The van der Waals surface area contributed by atoms with E-state index in [4.69, 9.17) is 11.2 Å². The first-order chi connectivity index (χ1) is 8.70. The molecule has 1 aliphatic rings. The van der Waals surface area contributed by atoms with Crippen LogP contribution in [-0.2, 0) is 9.53 Å². The lowest BCUT2D eigenvalue weighted by Crippen LogP contribution is -2.29. The number of terminal acetylenes is 1. The van der Waals surface area contributed by atoms with Crippen LogP contribution in [0.25, 0.3) is 0 Å². The lowest BCUT2D eigenvalue weighted by Gasteiger charge is -2.33. The molecule has 0 aromatic carbocycles. The van der Waals surface area contributed by atoms with Gasteiger partial charge >= 0.3 is 5.97 Å². The van der Waals surface area contributed by atoms with E-state index in [0.29, 0.717) is 6.42 Å². The van der Waals surface area contributed by atoms with Crippen LogP contribution in [0, 0.1) is 17.8 Å². The maximum atomic E-state index is 11.1. The van der Waals surface area contributed by atoms with Crippen LogP contribution in [0.2, 0.25) is 0 Å². The molecule has 0 aromatic rings. The zero-order chi connectivity index (χ0) is 14.7. The third-order valence-electron chi connectivity index (χ3n) is 3.74. The van der Waals surface area contributed by atoms with Gasteiger partial charge in [-0.1, -0.05) is 37.5 Å². The van der Waals surface area contributed by atoms with Crippen molar-refractivity contribution in [3.05, 3.63) is 23.3 Å². The molecule has 2 nitrogen and oxygen atoms in total. The van der Waals surface area contributed by atoms with Crippen LogP contribution in [0.1, 0.15) is 53.9 Å². The van der Waals surface area contributed by atoms with Gasteiger partial charge in [0, 0.05) is 13.3 Å². The summed E-state index contributed by atoms with van der Waals surface area (Å²) in [5, 5.41) is 0. The predicted molar refractivity (Wildman–Crippen MR) is 78.5 cm³/mol. The molecule has 0 aromatic heterocycles. The molecule has 0 aliphatic heterocycles. The third kappa shape index (κ3) is 3.99. The third-order valence-corrected chi connectivity index (χ3v) is 3.74. The van der Waals surface area contributed by atoms with Crippen molar-refractivity contribution in [1.29, 1.82) is 0 Å². The molecule has 104 valence electrons. The molecule has 0 spiro atoms. The summed E-state index contributed by atoms with van der Waals surface area (Å²) < 4.78 is 5.24. The molecule has 1 unspecified atom stereocenters. The minimum Gasteiger partial charge on any atom is -0.446 e. The molecule has 19 heavy (non-hydrogen) atoms. The SMILES string of the molecule is C#CC(C)(C/C=C1/C(C)=CCCC1(C)C)OC(C)=O. The summed E-state index contributed by atoms with van der Waals surface area (Å²) in [7, 11) is 0. The average molecular weight is 260 g/mol.